The summed E-state index contributed by atoms with van der Waals surface area (Å²) in [5.41, 5.74) is 2.61. The molecular formula is C23H23FN2O4S. The van der Waals surface area contributed by atoms with E-state index in [0.29, 0.717) is 17.1 Å². The highest BCUT2D eigenvalue weighted by Crippen LogP contribution is 2.24. The lowest BCUT2D eigenvalue weighted by molar-refractivity contribution is -0.122. The van der Waals surface area contributed by atoms with Gasteiger partial charge in [-0.05, 0) is 80.4 Å². The van der Waals surface area contributed by atoms with Crippen LogP contribution in [0.15, 0.2) is 71.6 Å². The molecule has 0 spiro atoms. The van der Waals surface area contributed by atoms with E-state index in [9.17, 15) is 17.6 Å². The molecule has 31 heavy (non-hydrogen) atoms. The van der Waals surface area contributed by atoms with Crippen LogP contribution in [0, 0.1) is 19.7 Å². The van der Waals surface area contributed by atoms with Gasteiger partial charge in [-0.15, -0.1) is 0 Å². The fourth-order valence-corrected chi connectivity index (χ4v) is 4.10. The lowest BCUT2D eigenvalue weighted by Gasteiger charge is -2.15. The van der Waals surface area contributed by atoms with Gasteiger partial charge in [-0.3, -0.25) is 9.52 Å². The molecule has 1 atom stereocenters. The molecule has 2 N–H and O–H groups in total. The number of rotatable bonds is 7. The summed E-state index contributed by atoms with van der Waals surface area (Å²) in [6.45, 7) is 5.23. The number of halogens is 1. The largest absolute Gasteiger partial charge is 0.481 e. The van der Waals surface area contributed by atoms with E-state index >= 15 is 0 Å². The zero-order valence-corrected chi connectivity index (χ0v) is 18.2. The minimum absolute atomic E-state index is 0.0729. The minimum atomic E-state index is -3.78. The van der Waals surface area contributed by atoms with Crippen molar-refractivity contribution >= 4 is 27.3 Å². The lowest BCUT2D eigenvalue weighted by Crippen LogP contribution is -2.30. The molecule has 1 amide bonds. The van der Waals surface area contributed by atoms with E-state index in [0.717, 1.165) is 11.1 Å². The second-order valence-corrected chi connectivity index (χ2v) is 8.78. The Morgan fingerprint density at radius 2 is 1.52 bits per heavy atom. The number of ether oxygens (including phenoxy) is 1. The van der Waals surface area contributed by atoms with Crippen LogP contribution in [-0.4, -0.2) is 20.4 Å². The van der Waals surface area contributed by atoms with Crippen LogP contribution >= 0.6 is 0 Å². The molecule has 8 heteroatoms. The van der Waals surface area contributed by atoms with Crippen LogP contribution in [0.4, 0.5) is 15.8 Å². The Kier molecular flexibility index (Phi) is 6.60. The second-order valence-electron chi connectivity index (χ2n) is 7.10. The first-order valence-corrected chi connectivity index (χ1v) is 11.1. The third kappa shape index (κ3) is 5.61. The van der Waals surface area contributed by atoms with E-state index in [-0.39, 0.29) is 4.90 Å². The molecule has 0 aliphatic rings. The van der Waals surface area contributed by atoms with Crippen molar-refractivity contribution in [3.8, 4) is 5.75 Å². The highest BCUT2D eigenvalue weighted by molar-refractivity contribution is 7.92. The van der Waals surface area contributed by atoms with E-state index in [1.165, 1.54) is 48.5 Å². The summed E-state index contributed by atoms with van der Waals surface area (Å²) in [5, 5.41) is 2.67. The van der Waals surface area contributed by atoms with Gasteiger partial charge in [-0.2, -0.15) is 0 Å². The second kappa shape index (κ2) is 9.18. The number of benzene rings is 3. The SMILES string of the molecule is Cc1cccc(C)c1NS(=O)(=O)c1ccc(NC(=O)[C@@H](C)Oc2ccc(F)cc2)cc1. The van der Waals surface area contributed by atoms with Gasteiger partial charge in [-0.1, -0.05) is 18.2 Å². The molecule has 162 valence electrons. The zero-order valence-electron chi connectivity index (χ0n) is 17.3. The Bertz CT molecular complexity index is 1160. The first-order valence-electron chi connectivity index (χ1n) is 9.58. The monoisotopic (exact) mass is 442 g/mol. The Balaban J connectivity index is 1.66. The highest BCUT2D eigenvalue weighted by Gasteiger charge is 2.18. The molecule has 3 aromatic rings. The van der Waals surface area contributed by atoms with Crippen LogP contribution in [0.3, 0.4) is 0 Å². The summed E-state index contributed by atoms with van der Waals surface area (Å²) in [4.78, 5) is 12.4. The normalized spacial score (nSPS) is 12.1. The Morgan fingerprint density at radius 1 is 0.935 bits per heavy atom. The number of amides is 1. The first-order chi connectivity index (χ1) is 14.7. The summed E-state index contributed by atoms with van der Waals surface area (Å²) in [7, 11) is -3.78. The van der Waals surface area contributed by atoms with E-state index in [1.807, 2.05) is 32.0 Å². The summed E-state index contributed by atoms with van der Waals surface area (Å²) < 4.78 is 46.5. The zero-order chi connectivity index (χ0) is 22.6. The third-order valence-electron chi connectivity index (χ3n) is 4.65. The van der Waals surface area contributed by atoms with Crippen molar-refractivity contribution in [1.82, 2.24) is 0 Å². The molecule has 0 bridgehead atoms. The van der Waals surface area contributed by atoms with Gasteiger partial charge in [0.25, 0.3) is 15.9 Å². The van der Waals surface area contributed by atoms with Crippen molar-refractivity contribution in [2.75, 3.05) is 10.0 Å². The molecule has 0 saturated carbocycles. The molecule has 6 nitrogen and oxygen atoms in total. The van der Waals surface area contributed by atoms with Gasteiger partial charge < -0.3 is 10.1 Å². The van der Waals surface area contributed by atoms with Crippen LogP contribution in [0.2, 0.25) is 0 Å². The van der Waals surface area contributed by atoms with Gasteiger partial charge in [0.05, 0.1) is 10.6 Å². The summed E-state index contributed by atoms with van der Waals surface area (Å²) in [6.07, 6.45) is -0.834. The number of sulfonamides is 1. The molecule has 3 rings (SSSR count). The van der Waals surface area contributed by atoms with Crippen molar-refractivity contribution < 1.29 is 22.3 Å². The average Bonchev–Trinajstić information content (AvgIpc) is 2.73. The van der Waals surface area contributed by atoms with Crippen LogP contribution < -0.4 is 14.8 Å². The fraction of sp³-hybridized carbons (Fsp3) is 0.174. The molecule has 0 fully saturated rings. The van der Waals surface area contributed by atoms with Gasteiger partial charge in [-0.25, -0.2) is 12.8 Å². The smallest absolute Gasteiger partial charge is 0.265 e. The van der Waals surface area contributed by atoms with Gasteiger partial charge in [0.15, 0.2) is 6.10 Å². The predicted molar refractivity (Wildman–Crippen MR) is 118 cm³/mol. The highest BCUT2D eigenvalue weighted by atomic mass is 32.2. The van der Waals surface area contributed by atoms with Gasteiger partial charge >= 0.3 is 0 Å². The number of hydrogen-bond acceptors (Lipinski definition) is 4. The number of anilines is 2. The van der Waals surface area contributed by atoms with Crippen LogP contribution in [-0.2, 0) is 14.8 Å². The number of nitrogens with one attached hydrogen (secondary N) is 2. The molecule has 0 aliphatic heterocycles. The van der Waals surface area contributed by atoms with Gasteiger partial charge in [0, 0.05) is 5.69 Å². The van der Waals surface area contributed by atoms with Crippen molar-refractivity contribution in [3.63, 3.8) is 0 Å². The predicted octanol–water partition coefficient (Wildman–Crippen LogP) is 4.65. The Hall–Kier alpha value is -3.39. The molecule has 3 aromatic carbocycles. The third-order valence-corrected chi connectivity index (χ3v) is 6.01. The summed E-state index contributed by atoms with van der Waals surface area (Å²) >= 11 is 0. The molecule has 0 radical (unpaired) electrons. The number of carbonyl (C=O) groups excluding carboxylic acids is 1. The number of para-hydroxylation sites is 1. The van der Waals surface area contributed by atoms with Gasteiger partial charge in [0.1, 0.15) is 11.6 Å². The summed E-state index contributed by atoms with van der Waals surface area (Å²) in [5.74, 6) is -0.455. The topological polar surface area (TPSA) is 84.5 Å². The quantitative estimate of drug-likeness (QED) is 0.558. The Labute approximate surface area is 181 Å². The van der Waals surface area contributed by atoms with Crippen LogP contribution in [0.1, 0.15) is 18.1 Å². The van der Waals surface area contributed by atoms with Crippen molar-refractivity contribution in [1.29, 1.82) is 0 Å². The first kappa shape index (κ1) is 22.3. The van der Waals surface area contributed by atoms with E-state index in [4.69, 9.17) is 4.74 Å². The average molecular weight is 443 g/mol. The molecule has 0 aromatic heterocycles. The van der Waals surface area contributed by atoms with Crippen LogP contribution in [0.5, 0.6) is 5.75 Å². The number of hydrogen-bond donors (Lipinski definition) is 2. The molecule has 0 unspecified atom stereocenters. The molecular weight excluding hydrogens is 419 g/mol. The standard InChI is InChI=1S/C23H23FN2O4S/c1-15-5-4-6-16(2)22(15)26-31(28,29)21-13-9-19(10-14-21)25-23(27)17(3)30-20-11-7-18(24)8-12-20/h4-14,17,26H,1-3H3,(H,25,27)/t17-/m1/s1. The summed E-state index contributed by atoms with van der Waals surface area (Å²) in [6, 6.07) is 16.7. The molecule has 0 aliphatic carbocycles. The van der Waals surface area contributed by atoms with Crippen molar-refractivity contribution in [2.45, 2.75) is 31.8 Å². The van der Waals surface area contributed by atoms with E-state index < -0.39 is 27.9 Å². The lowest BCUT2D eigenvalue weighted by atomic mass is 10.1. The van der Waals surface area contributed by atoms with Crippen molar-refractivity contribution in [3.05, 3.63) is 83.7 Å². The molecule has 0 saturated heterocycles. The van der Waals surface area contributed by atoms with Gasteiger partial charge in [0.2, 0.25) is 0 Å². The Morgan fingerprint density at radius 3 is 2.10 bits per heavy atom. The fourth-order valence-electron chi connectivity index (χ4n) is 2.90. The maximum Gasteiger partial charge on any atom is 0.265 e. The maximum absolute atomic E-state index is 13.0. The molecule has 0 heterocycles. The van der Waals surface area contributed by atoms with Crippen molar-refractivity contribution in [2.24, 2.45) is 0 Å². The maximum atomic E-state index is 13.0. The number of carbonyl (C=O) groups is 1. The number of aryl methyl sites for hydroxylation is 2. The van der Waals surface area contributed by atoms with Crippen LogP contribution in [0.25, 0.3) is 0 Å². The minimum Gasteiger partial charge on any atom is -0.481 e. The van der Waals surface area contributed by atoms with E-state index in [1.54, 1.807) is 6.92 Å². The van der Waals surface area contributed by atoms with E-state index in [2.05, 4.69) is 10.0 Å².